The van der Waals surface area contributed by atoms with Gasteiger partial charge in [-0.15, -0.1) is 0 Å². The lowest BCUT2D eigenvalue weighted by molar-refractivity contribution is -0.125. The first-order valence-electron chi connectivity index (χ1n) is 7.96. The minimum Gasteiger partial charge on any atom is -0.388 e. The lowest BCUT2D eigenvalue weighted by Crippen LogP contribution is -2.47. The standard InChI is InChI=1S/C15H26N2O3/c18-14(16-10-15(19)3-5-20-6-4-15)9-11-7-12-1-2-13(8-11)17-12/h11-13,17,19H,1-10H2,(H,16,18). The van der Waals surface area contributed by atoms with E-state index in [1.165, 1.54) is 12.8 Å². The van der Waals surface area contributed by atoms with Gasteiger partial charge in [-0.3, -0.25) is 4.79 Å². The van der Waals surface area contributed by atoms with Gasteiger partial charge in [-0.1, -0.05) is 0 Å². The maximum Gasteiger partial charge on any atom is 0.220 e. The highest BCUT2D eigenvalue weighted by Crippen LogP contribution is 2.32. The van der Waals surface area contributed by atoms with Gasteiger partial charge in [0.15, 0.2) is 0 Å². The van der Waals surface area contributed by atoms with Crippen LogP contribution in [0.1, 0.15) is 44.9 Å². The molecule has 0 aromatic rings. The molecule has 1 amide bonds. The molecule has 0 radical (unpaired) electrons. The van der Waals surface area contributed by atoms with Gasteiger partial charge in [-0.2, -0.15) is 0 Å². The Morgan fingerprint density at radius 2 is 1.90 bits per heavy atom. The number of ether oxygens (including phenoxy) is 1. The topological polar surface area (TPSA) is 70.6 Å². The molecular weight excluding hydrogens is 256 g/mol. The average Bonchev–Trinajstić information content (AvgIpc) is 2.77. The van der Waals surface area contributed by atoms with Gasteiger partial charge in [0.2, 0.25) is 5.91 Å². The van der Waals surface area contributed by atoms with Crippen LogP contribution in [0.5, 0.6) is 0 Å². The first kappa shape index (κ1) is 14.3. The van der Waals surface area contributed by atoms with Crippen molar-refractivity contribution in [1.82, 2.24) is 10.6 Å². The molecule has 5 nitrogen and oxygen atoms in total. The van der Waals surface area contributed by atoms with Gasteiger partial charge < -0.3 is 20.5 Å². The summed E-state index contributed by atoms with van der Waals surface area (Å²) in [6.07, 6.45) is 6.63. The maximum atomic E-state index is 12.1. The van der Waals surface area contributed by atoms with E-state index >= 15 is 0 Å². The average molecular weight is 282 g/mol. The maximum absolute atomic E-state index is 12.1. The molecule has 0 aliphatic carbocycles. The van der Waals surface area contributed by atoms with Crippen LogP contribution in [0, 0.1) is 5.92 Å². The molecule has 0 aromatic carbocycles. The van der Waals surface area contributed by atoms with Crippen molar-refractivity contribution in [3.63, 3.8) is 0 Å². The summed E-state index contributed by atoms with van der Waals surface area (Å²) in [6, 6.07) is 1.26. The number of hydrogen-bond donors (Lipinski definition) is 3. The molecule has 0 spiro atoms. The van der Waals surface area contributed by atoms with Crippen LogP contribution in [0.25, 0.3) is 0 Å². The molecule has 2 bridgehead atoms. The van der Waals surface area contributed by atoms with Gasteiger partial charge in [0, 0.05) is 51.1 Å². The second kappa shape index (κ2) is 6.00. The SMILES string of the molecule is O=C(CC1CC2CCC(C1)N2)NCC1(O)CCOCC1. The summed E-state index contributed by atoms with van der Waals surface area (Å²) in [6.45, 7) is 1.54. The molecular formula is C15H26N2O3. The fourth-order valence-electron chi connectivity index (χ4n) is 3.87. The molecule has 3 heterocycles. The van der Waals surface area contributed by atoms with Crippen molar-refractivity contribution in [3.8, 4) is 0 Å². The summed E-state index contributed by atoms with van der Waals surface area (Å²) in [7, 11) is 0. The van der Waals surface area contributed by atoms with Crippen LogP contribution >= 0.6 is 0 Å². The number of carbonyl (C=O) groups is 1. The molecule has 3 aliphatic rings. The zero-order chi connectivity index (χ0) is 14.0. The zero-order valence-electron chi connectivity index (χ0n) is 12.1. The molecule has 3 rings (SSSR count). The van der Waals surface area contributed by atoms with E-state index in [1.54, 1.807) is 0 Å². The van der Waals surface area contributed by atoms with Gasteiger partial charge in [-0.25, -0.2) is 0 Å². The third-order valence-electron chi connectivity index (χ3n) is 5.08. The van der Waals surface area contributed by atoms with Crippen LogP contribution in [-0.4, -0.2) is 48.5 Å². The molecule has 0 saturated carbocycles. The third kappa shape index (κ3) is 3.51. The van der Waals surface area contributed by atoms with Crippen LogP contribution in [0.15, 0.2) is 0 Å². The predicted octanol–water partition coefficient (Wildman–Crippen LogP) is 0.565. The Balaban J connectivity index is 1.41. The molecule has 5 heteroatoms. The second-order valence-corrected chi connectivity index (χ2v) is 6.79. The smallest absolute Gasteiger partial charge is 0.220 e. The summed E-state index contributed by atoms with van der Waals surface area (Å²) >= 11 is 0. The highest BCUT2D eigenvalue weighted by molar-refractivity contribution is 5.76. The van der Waals surface area contributed by atoms with E-state index in [1.807, 2.05) is 0 Å². The lowest BCUT2D eigenvalue weighted by atomic mass is 9.89. The largest absolute Gasteiger partial charge is 0.388 e. The van der Waals surface area contributed by atoms with Crippen molar-refractivity contribution in [3.05, 3.63) is 0 Å². The summed E-state index contributed by atoms with van der Waals surface area (Å²) < 4.78 is 5.24. The van der Waals surface area contributed by atoms with Crippen molar-refractivity contribution >= 4 is 5.91 Å². The number of rotatable bonds is 4. The van der Waals surface area contributed by atoms with Crippen molar-refractivity contribution < 1.29 is 14.6 Å². The fourth-order valence-corrected chi connectivity index (χ4v) is 3.87. The van der Waals surface area contributed by atoms with Gasteiger partial charge >= 0.3 is 0 Å². The first-order valence-corrected chi connectivity index (χ1v) is 7.96. The van der Waals surface area contributed by atoms with E-state index < -0.39 is 5.60 Å². The number of hydrogen-bond acceptors (Lipinski definition) is 4. The molecule has 0 aromatic heterocycles. The van der Waals surface area contributed by atoms with Crippen molar-refractivity contribution in [2.24, 2.45) is 5.92 Å². The molecule has 3 fully saturated rings. The van der Waals surface area contributed by atoms with Crippen LogP contribution in [-0.2, 0) is 9.53 Å². The molecule has 2 unspecified atom stereocenters. The number of piperidine rings is 1. The molecule has 114 valence electrons. The Hall–Kier alpha value is -0.650. The van der Waals surface area contributed by atoms with Crippen molar-refractivity contribution in [2.45, 2.75) is 62.6 Å². The van der Waals surface area contributed by atoms with Gasteiger partial charge in [0.1, 0.15) is 0 Å². The van der Waals surface area contributed by atoms with E-state index in [9.17, 15) is 9.90 Å². The summed E-state index contributed by atoms with van der Waals surface area (Å²) in [4.78, 5) is 12.1. The lowest BCUT2D eigenvalue weighted by Gasteiger charge is -2.33. The summed E-state index contributed by atoms with van der Waals surface area (Å²) in [5.74, 6) is 0.606. The van der Waals surface area contributed by atoms with Crippen molar-refractivity contribution in [1.29, 1.82) is 0 Å². The normalized spacial score (nSPS) is 35.8. The Labute approximate surface area is 120 Å². The minimum absolute atomic E-state index is 0.0937. The quantitative estimate of drug-likeness (QED) is 0.705. The molecule has 3 aliphatic heterocycles. The minimum atomic E-state index is -0.763. The predicted molar refractivity (Wildman–Crippen MR) is 75.3 cm³/mol. The van der Waals surface area contributed by atoms with Crippen LogP contribution in [0.2, 0.25) is 0 Å². The van der Waals surface area contributed by atoms with E-state index in [4.69, 9.17) is 4.74 Å². The summed E-state index contributed by atoms with van der Waals surface area (Å²) in [5, 5.41) is 16.8. The monoisotopic (exact) mass is 282 g/mol. The van der Waals surface area contributed by atoms with Gasteiger partial charge in [0.05, 0.1) is 5.60 Å². The molecule has 3 N–H and O–H groups in total. The number of amides is 1. The molecule has 20 heavy (non-hydrogen) atoms. The van der Waals surface area contributed by atoms with Crippen LogP contribution in [0.3, 0.4) is 0 Å². The number of carbonyl (C=O) groups excluding carboxylic acids is 1. The van der Waals surface area contributed by atoms with Gasteiger partial charge in [-0.05, 0) is 31.6 Å². The Morgan fingerprint density at radius 3 is 2.55 bits per heavy atom. The first-order chi connectivity index (χ1) is 9.63. The van der Waals surface area contributed by atoms with E-state index in [0.717, 1.165) is 12.8 Å². The van der Waals surface area contributed by atoms with Crippen LogP contribution in [0.4, 0.5) is 0 Å². The number of nitrogens with one attached hydrogen (secondary N) is 2. The van der Waals surface area contributed by atoms with E-state index in [2.05, 4.69) is 10.6 Å². The fraction of sp³-hybridized carbons (Fsp3) is 0.933. The Bertz CT molecular complexity index is 343. The van der Waals surface area contributed by atoms with Crippen molar-refractivity contribution in [2.75, 3.05) is 19.8 Å². The highest BCUT2D eigenvalue weighted by Gasteiger charge is 2.35. The molecule has 3 saturated heterocycles. The highest BCUT2D eigenvalue weighted by atomic mass is 16.5. The Morgan fingerprint density at radius 1 is 1.25 bits per heavy atom. The summed E-state index contributed by atoms with van der Waals surface area (Å²) in [5.41, 5.74) is -0.763. The molecule has 2 atom stereocenters. The van der Waals surface area contributed by atoms with E-state index in [0.29, 0.717) is 57.0 Å². The third-order valence-corrected chi connectivity index (χ3v) is 5.08. The van der Waals surface area contributed by atoms with E-state index in [-0.39, 0.29) is 5.91 Å². The second-order valence-electron chi connectivity index (χ2n) is 6.79. The number of aliphatic hydroxyl groups is 1. The van der Waals surface area contributed by atoms with Gasteiger partial charge in [0.25, 0.3) is 0 Å². The zero-order valence-corrected chi connectivity index (χ0v) is 12.1. The van der Waals surface area contributed by atoms with Crippen LogP contribution < -0.4 is 10.6 Å². The number of fused-ring (bicyclic) bond motifs is 2. The Kier molecular flexibility index (Phi) is 4.29.